The molecule has 1 N–H and O–H groups in total. The van der Waals surface area contributed by atoms with Crippen LogP contribution in [-0.2, 0) is 15.1 Å². The first-order valence-corrected chi connectivity index (χ1v) is 5.53. The second-order valence-electron chi connectivity index (χ2n) is 4.62. The fourth-order valence-electron chi connectivity index (χ4n) is 2.21. The summed E-state index contributed by atoms with van der Waals surface area (Å²) in [6.07, 6.45) is 0.588. The van der Waals surface area contributed by atoms with E-state index in [1.165, 1.54) is 13.2 Å². The van der Waals surface area contributed by atoms with E-state index in [1.807, 2.05) is 0 Å². The van der Waals surface area contributed by atoms with E-state index in [1.54, 1.807) is 19.1 Å². The van der Waals surface area contributed by atoms with Gasteiger partial charge in [0, 0.05) is 0 Å². The number of methoxy groups -OCH3 is 1. The lowest BCUT2D eigenvalue weighted by Crippen LogP contribution is -2.45. The Morgan fingerprint density at radius 2 is 2.18 bits per heavy atom. The van der Waals surface area contributed by atoms with Gasteiger partial charge in [0.2, 0.25) is 0 Å². The molecule has 2 rings (SSSR count). The van der Waals surface area contributed by atoms with Crippen molar-refractivity contribution < 1.29 is 19.0 Å². The predicted octanol–water partition coefficient (Wildman–Crippen LogP) is 1.90. The number of carbonyl (C=O) groups excluding carboxylic acids is 1. The Bertz CT molecular complexity index is 450. The van der Waals surface area contributed by atoms with Crippen LogP contribution in [-0.4, -0.2) is 18.2 Å². The molecule has 17 heavy (non-hydrogen) atoms. The highest BCUT2D eigenvalue weighted by atomic mass is 19.1. The highest BCUT2D eigenvalue weighted by Crippen LogP contribution is 2.46. The molecule has 0 radical (unpaired) electrons. The number of carbonyl (C=O) groups is 1. The molecule has 0 atom stereocenters. The maximum Gasteiger partial charge on any atom is 0.308 e. The lowest BCUT2D eigenvalue weighted by atomic mass is 9.67. The van der Waals surface area contributed by atoms with Crippen LogP contribution in [0, 0.1) is 18.7 Å². The van der Waals surface area contributed by atoms with Crippen molar-refractivity contribution in [1.82, 2.24) is 0 Å². The van der Waals surface area contributed by atoms with Crippen molar-refractivity contribution in [3.05, 3.63) is 35.1 Å². The third-order valence-electron chi connectivity index (χ3n) is 3.41. The van der Waals surface area contributed by atoms with Crippen LogP contribution in [0.3, 0.4) is 0 Å². The van der Waals surface area contributed by atoms with Crippen LogP contribution in [0.1, 0.15) is 24.0 Å². The molecule has 1 aromatic carbocycles. The summed E-state index contributed by atoms with van der Waals surface area (Å²) in [5.74, 6) is -0.936. The topological polar surface area (TPSA) is 46.5 Å². The van der Waals surface area contributed by atoms with Crippen molar-refractivity contribution in [3.63, 3.8) is 0 Å². The molecule has 92 valence electrons. The van der Waals surface area contributed by atoms with E-state index in [0.717, 1.165) is 0 Å². The molecule has 4 heteroatoms. The molecule has 0 amide bonds. The van der Waals surface area contributed by atoms with Crippen LogP contribution in [0.15, 0.2) is 18.2 Å². The Hall–Kier alpha value is -1.42. The molecule has 0 spiro atoms. The summed E-state index contributed by atoms with van der Waals surface area (Å²) in [5.41, 5.74) is -0.0186. The third-order valence-corrected chi connectivity index (χ3v) is 3.41. The minimum atomic E-state index is -1.09. The van der Waals surface area contributed by atoms with E-state index < -0.39 is 5.60 Å². The van der Waals surface area contributed by atoms with Gasteiger partial charge in [-0.1, -0.05) is 12.1 Å². The van der Waals surface area contributed by atoms with Crippen LogP contribution >= 0.6 is 0 Å². The molecule has 0 aliphatic heterocycles. The molecular weight excluding hydrogens is 223 g/mol. The van der Waals surface area contributed by atoms with Gasteiger partial charge in [0.15, 0.2) is 0 Å². The number of esters is 1. The third kappa shape index (κ3) is 2.05. The molecular formula is C13H15FO3. The lowest BCUT2D eigenvalue weighted by molar-refractivity contribution is -0.163. The number of ether oxygens (including phenoxy) is 1. The monoisotopic (exact) mass is 238 g/mol. The van der Waals surface area contributed by atoms with E-state index >= 15 is 0 Å². The van der Waals surface area contributed by atoms with Crippen LogP contribution in [0.25, 0.3) is 0 Å². The zero-order valence-corrected chi connectivity index (χ0v) is 9.87. The standard InChI is InChI=1S/C13H15FO3/c1-8-3-4-10(5-11(8)14)13(16)6-9(7-13)12(15)17-2/h3-5,9,16H,6-7H2,1-2H3. The van der Waals surface area contributed by atoms with Gasteiger partial charge in [-0.15, -0.1) is 0 Å². The number of benzene rings is 1. The summed E-state index contributed by atoms with van der Waals surface area (Å²) < 4.78 is 18.0. The Labute approximate surface area is 99.2 Å². The molecule has 3 nitrogen and oxygen atoms in total. The molecule has 0 aromatic heterocycles. The highest BCUT2D eigenvalue weighted by Gasteiger charge is 2.48. The quantitative estimate of drug-likeness (QED) is 0.800. The van der Waals surface area contributed by atoms with Gasteiger partial charge in [0.05, 0.1) is 18.6 Å². The molecule has 1 aromatic rings. The molecule has 0 heterocycles. The average molecular weight is 238 g/mol. The number of aliphatic hydroxyl groups is 1. The zero-order valence-electron chi connectivity index (χ0n) is 9.87. The summed E-state index contributed by atoms with van der Waals surface area (Å²) in [6, 6.07) is 4.67. The normalized spacial score (nSPS) is 27.4. The maximum absolute atomic E-state index is 13.4. The Kier molecular flexibility index (Phi) is 2.91. The second-order valence-corrected chi connectivity index (χ2v) is 4.62. The molecule has 1 saturated carbocycles. The Morgan fingerprint density at radius 3 is 2.71 bits per heavy atom. The van der Waals surface area contributed by atoms with Crippen molar-refractivity contribution in [3.8, 4) is 0 Å². The van der Waals surface area contributed by atoms with E-state index in [-0.39, 0.29) is 17.7 Å². The summed E-state index contributed by atoms with van der Waals surface area (Å²) in [6.45, 7) is 1.67. The van der Waals surface area contributed by atoms with Gasteiger partial charge in [0.1, 0.15) is 5.82 Å². The minimum absolute atomic E-state index is 0.283. The van der Waals surface area contributed by atoms with E-state index in [0.29, 0.717) is 24.0 Å². The predicted molar refractivity (Wildman–Crippen MR) is 59.8 cm³/mol. The maximum atomic E-state index is 13.4. The first-order valence-electron chi connectivity index (χ1n) is 5.53. The van der Waals surface area contributed by atoms with E-state index in [4.69, 9.17) is 0 Å². The Morgan fingerprint density at radius 1 is 1.53 bits per heavy atom. The van der Waals surface area contributed by atoms with Gasteiger partial charge < -0.3 is 9.84 Å². The van der Waals surface area contributed by atoms with Gasteiger partial charge in [-0.25, -0.2) is 4.39 Å². The molecule has 0 saturated heterocycles. The van der Waals surface area contributed by atoms with Crippen LogP contribution in [0.5, 0.6) is 0 Å². The number of hydrogen-bond donors (Lipinski definition) is 1. The second kappa shape index (κ2) is 4.11. The SMILES string of the molecule is COC(=O)C1CC(O)(c2ccc(C)c(F)c2)C1. The summed E-state index contributed by atoms with van der Waals surface area (Å²) in [5, 5.41) is 10.2. The number of halogens is 1. The number of aryl methyl sites for hydroxylation is 1. The molecule has 0 unspecified atom stereocenters. The van der Waals surface area contributed by atoms with Crippen molar-refractivity contribution >= 4 is 5.97 Å². The van der Waals surface area contributed by atoms with Crippen LogP contribution < -0.4 is 0 Å². The molecule has 1 aliphatic carbocycles. The fourth-order valence-corrected chi connectivity index (χ4v) is 2.21. The van der Waals surface area contributed by atoms with Gasteiger partial charge in [-0.05, 0) is 37.0 Å². The molecule has 0 bridgehead atoms. The van der Waals surface area contributed by atoms with Gasteiger partial charge >= 0.3 is 5.97 Å². The first kappa shape index (κ1) is 12.0. The largest absolute Gasteiger partial charge is 0.469 e. The van der Waals surface area contributed by atoms with Crippen molar-refractivity contribution in [2.24, 2.45) is 5.92 Å². The van der Waals surface area contributed by atoms with Gasteiger partial charge in [0.25, 0.3) is 0 Å². The van der Waals surface area contributed by atoms with Crippen molar-refractivity contribution in [1.29, 1.82) is 0 Å². The number of hydrogen-bond acceptors (Lipinski definition) is 3. The van der Waals surface area contributed by atoms with Crippen molar-refractivity contribution in [2.45, 2.75) is 25.4 Å². The zero-order chi connectivity index (χ0) is 12.6. The number of rotatable bonds is 2. The van der Waals surface area contributed by atoms with Crippen molar-refractivity contribution in [2.75, 3.05) is 7.11 Å². The fraction of sp³-hybridized carbons (Fsp3) is 0.462. The average Bonchev–Trinajstić information content (AvgIpc) is 2.27. The lowest BCUT2D eigenvalue weighted by Gasteiger charge is -2.42. The minimum Gasteiger partial charge on any atom is -0.469 e. The van der Waals surface area contributed by atoms with Crippen LogP contribution in [0.4, 0.5) is 4.39 Å². The van der Waals surface area contributed by atoms with Gasteiger partial charge in [-0.3, -0.25) is 4.79 Å². The van der Waals surface area contributed by atoms with E-state index in [9.17, 15) is 14.3 Å². The first-order chi connectivity index (χ1) is 7.96. The molecule has 1 aliphatic rings. The van der Waals surface area contributed by atoms with Crippen LogP contribution in [0.2, 0.25) is 0 Å². The highest BCUT2D eigenvalue weighted by molar-refractivity contribution is 5.74. The van der Waals surface area contributed by atoms with E-state index in [2.05, 4.69) is 4.74 Å². The summed E-state index contributed by atoms with van der Waals surface area (Å²) >= 11 is 0. The smallest absolute Gasteiger partial charge is 0.308 e. The Balaban J connectivity index is 2.14. The summed E-state index contributed by atoms with van der Waals surface area (Å²) in [7, 11) is 1.32. The van der Waals surface area contributed by atoms with Gasteiger partial charge in [-0.2, -0.15) is 0 Å². The molecule has 1 fully saturated rings. The summed E-state index contributed by atoms with van der Waals surface area (Å²) in [4.78, 5) is 11.2.